The number of likely N-dealkylation sites (N-methyl/N-ethyl adjacent to an activating group) is 1. The average Bonchev–Trinajstić information content (AvgIpc) is 3.53. The molecule has 35 heavy (non-hydrogen) atoms. The molecule has 1 aliphatic carbocycles. The molecule has 0 saturated carbocycles. The smallest absolute Gasteiger partial charge is 0.324 e. The molecule has 3 aliphatic heterocycles. The normalized spacial score (nSPS) is 23.8. The number of aliphatic hydroxyl groups is 1. The molecular formula is C25H24N6O4. The first-order valence-corrected chi connectivity index (χ1v) is 11.7. The lowest BCUT2D eigenvalue weighted by Crippen LogP contribution is -2.48. The predicted molar refractivity (Wildman–Crippen MR) is 127 cm³/mol. The van der Waals surface area contributed by atoms with E-state index < -0.39 is 11.0 Å². The van der Waals surface area contributed by atoms with E-state index in [4.69, 9.17) is 4.98 Å². The predicted octanol–water partition coefficient (Wildman–Crippen LogP) is 1.17. The van der Waals surface area contributed by atoms with Crippen molar-refractivity contribution in [2.45, 2.75) is 36.8 Å². The zero-order valence-corrected chi connectivity index (χ0v) is 19.1. The summed E-state index contributed by atoms with van der Waals surface area (Å²) in [7, 11) is 1.67. The molecule has 1 fully saturated rings. The third-order valence-electron chi connectivity index (χ3n) is 8.23. The highest BCUT2D eigenvalue weighted by Gasteiger charge is 2.54. The van der Waals surface area contributed by atoms with E-state index in [2.05, 4.69) is 20.5 Å². The number of imidazole rings is 1. The van der Waals surface area contributed by atoms with Crippen molar-refractivity contribution < 1.29 is 19.5 Å². The van der Waals surface area contributed by atoms with E-state index in [1.165, 1.54) is 4.90 Å². The zero-order chi connectivity index (χ0) is 24.1. The van der Waals surface area contributed by atoms with Crippen LogP contribution >= 0.6 is 0 Å². The molecule has 1 aromatic heterocycles. The van der Waals surface area contributed by atoms with Crippen LogP contribution in [0.15, 0.2) is 30.3 Å². The van der Waals surface area contributed by atoms with Crippen LogP contribution < -0.4 is 15.5 Å². The molecule has 3 aromatic rings. The lowest BCUT2D eigenvalue weighted by Gasteiger charge is -2.32. The van der Waals surface area contributed by atoms with Gasteiger partial charge in [-0.25, -0.2) is 9.78 Å². The molecule has 1 spiro atoms. The highest BCUT2D eigenvalue weighted by molar-refractivity contribution is 6.08. The Morgan fingerprint density at radius 1 is 1.09 bits per heavy atom. The number of aromatic amines is 1. The van der Waals surface area contributed by atoms with Crippen molar-refractivity contribution in [1.29, 1.82) is 0 Å². The van der Waals surface area contributed by atoms with Crippen LogP contribution in [0.3, 0.4) is 0 Å². The van der Waals surface area contributed by atoms with Crippen molar-refractivity contribution in [2.75, 3.05) is 30.4 Å². The Kier molecular flexibility index (Phi) is 3.86. The van der Waals surface area contributed by atoms with Crippen LogP contribution in [0.2, 0.25) is 0 Å². The maximum absolute atomic E-state index is 12.6. The van der Waals surface area contributed by atoms with Gasteiger partial charge in [0.15, 0.2) is 0 Å². The van der Waals surface area contributed by atoms with E-state index in [-0.39, 0.29) is 30.9 Å². The average molecular weight is 473 g/mol. The third-order valence-corrected chi connectivity index (χ3v) is 8.23. The summed E-state index contributed by atoms with van der Waals surface area (Å²) < 4.78 is 0. The third kappa shape index (κ3) is 2.62. The second kappa shape index (κ2) is 6.60. The summed E-state index contributed by atoms with van der Waals surface area (Å²) in [5.41, 5.74) is 5.05. The Bertz CT molecular complexity index is 1440. The summed E-state index contributed by atoms with van der Waals surface area (Å²) in [5.74, 6) is 0.459. The second-order valence-corrected chi connectivity index (χ2v) is 10.2. The molecule has 4 amide bonds. The van der Waals surface area contributed by atoms with Crippen LogP contribution in [0, 0.1) is 0 Å². The van der Waals surface area contributed by atoms with Gasteiger partial charge in [-0.15, -0.1) is 0 Å². The maximum Gasteiger partial charge on any atom is 0.324 e. The number of imide groups is 1. The van der Waals surface area contributed by atoms with Gasteiger partial charge in [0.25, 0.3) is 5.91 Å². The topological polar surface area (TPSA) is 131 Å². The van der Waals surface area contributed by atoms with Gasteiger partial charge >= 0.3 is 6.03 Å². The van der Waals surface area contributed by atoms with Crippen molar-refractivity contribution in [3.8, 4) is 0 Å². The number of urea groups is 1. The van der Waals surface area contributed by atoms with Crippen molar-refractivity contribution in [1.82, 2.24) is 20.2 Å². The molecular weight excluding hydrogens is 448 g/mol. The number of amides is 4. The Hall–Kier alpha value is -3.92. The van der Waals surface area contributed by atoms with E-state index in [1.54, 1.807) is 7.05 Å². The number of anilines is 2. The lowest BCUT2D eigenvalue weighted by atomic mass is 9.77. The van der Waals surface area contributed by atoms with Gasteiger partial charge in [0, 0.05) is 55.2 Å². The Morgan fingerprint density at radius 3 is 2.63 bits per heavy atom. The van der Waals surface area contributed by atoms with Gasteiger partial charge in [-0.2, -0.15) is 0 Å². The SMILES string of the molecule is CN1C(=O)NC(=O)C12Cc1cc3nc(CN4CC5(CO)CC(=O)Nc6cccc4c65)[nH]c3cc1C2. The maximum atomic E-state index is 12.6. The summed E-state index contributed by atoms with van der Waals surface area (Å²) in [6, 6.07) is 9.51. The van der Waals surface area contributed by atoms with Gasteiger partial charge in [0.05, 0.1) is 24.2 Å². The van der Waals surface area contributed by atoms with Crippen LogP contribution in [0.1, 0.15) is 28.9 Å². The van der Waals surface area contributed by atoms with Crippen molar-refractivity contribution in [2.24, 2.45) is 0 Å². The van der Waals surface area contributed by atoms with Gasteiger partial charge in [0.1, 0.15) is 11.4 Å². The molecule has 10 heteroatoms. The van der Waals surface area contributed by atoms with Crippen LogP contribution in [-0.2, 0) is 34.4 Å². The largest absolute Gasteiger partial charge is 0.395 e. The Labute approximate surface area is 200 Å². The standard InChI is InChI=1S/C25H24N6O4/c1-30-23(35)29-22(34)25(30)7-13-5-16-17(6-14(13)8-25)27-19(26-16)10-31-11-24(12-32)9-20(33)28-15-3-2-4-18(31)21(15)24/h2-6,32H,7-12H2,1H3,(H,26,27)(H,28,33)(H,29,34,35). The zero-order valence-electron chi connectivity index (χ0n) is 19.1. The van der Waals surface area contributed by atoms with Gasteiger partial charge in [-0.3, -0.25) is 14.9 Å². The number of nitrogens with one attached hydrogen (secondary N) is 3. The first-order valence-electron chi connectivity index (χ1n) is 11.7. The number of carbonyl (C=O) groups is 3. The molecule has 0 bridgehead atoms. The molecule has 2 unspecified atom stereocenters. The quantitative estimate of drug-likeness (QED) is 0.424. The number of rotatable bonds is 3. The van der Waals surface area contributed by atoms with Gasteiger partial charge in [-0.1, -0.05) is 6.07 Å². The number of fused-ring (bicyclic) bond motifs is 2. The molecule has 2 atom stereocenters. The van der Waals surface area contributed by atoms with E-state index in [9.17, 15) is 19.5 Å². The fourth-order valence-electron chi connectivity index (χ4n) is 6.48. The highest BCUT2D eigenvalue weighted by Crippen LogP contribution is 2.49. The number of nitrogens with zero attached hydrogens (tertiary/aromatic N) is 3. The molecule has 178 valence electrons. The van der Waals surface area contributed by atoms with Crippen molar-refractivity contribution in [3.05, 3.63) is 52.8 Å². The molecule has 0 radical (unpaired) electrons. The molecule has 10 nitrogen and oxygen atoms in total. The minimum Gasteiger partial charge on any atom is -0.395 e. The highest BCUT2D eigenvalue weighted by atomic mass is 16.3. The second-order valence-electron chi connectivity index (χ2n) is 10.2. The molecule has 2 aromatic carbocycles. The molecule has 7 rings (SSSR count). The number of H-pyrrole nitrogens is 1. The monoisotopic (exact) mass is 472 g/mol. The van der Waals surface area contributed by atoms with Crippen molar-refractivity contribution >= 4 is 40.3 Å². The fourth-order valence-corrected chi connectivity index (χ4v) is 6.48. The summed E-state index contributed by atoms with van der Waals surface area (Å²) >= 11 is 0. The van der Waals surface area contributed by atoms with Gasteiger partial charge in [-0.05, 0) is 35.4 Å². The first kappa shape index (κ1) is 20.5. The van der Waals surface area contributed by atoms with Crippen LogP contribution in [-0.4, -0.2) is 63.6 Å². The van der Waals surface area contributed by atoms with Crippen LogP contribution in [0.5, 0.6) is 0 Å². The Morgan fingerprint density at radius 2 is 1.89 bits per heavy atom. The number of benzene rings is 2. The van der Waals surface area contributed by atoms with E-state index in [1.807, 2.05) is 30.3 Å². The lowest BCUT2D eigenvalue weighted by molar-refractivity contribution is -0.125. The minimum absolute atomic E-state index is 0.0788. The van der Waals surface area contributed by atoms with Crippen molar-refractivity contribution in [3.63, 3.8) is 0 Å². The molecule has 4 N–H and O–H groups in total. The summed E-state index contributed by atoms with van der Waals surface area (Å²) in [4.78, 5) is 48.8. The van der Waals surface area contributed by atoms with E-state index in [0.29, 0.717) is 25.9 Å². The number of aromatic nitrogens is 2. The summed E-state index contributed by atoms with van der Waals surface area (Å²) in [6.45, 7) is 0.949. The number of hydrogen-bond acceptors (Lipinski definition) is 6. The van der Waals surface area contributed by atoms with Crippen LogP contribution in [0.4, 0.5) is 16.2 Å². The Balaban J connectivity index is 1.20. The fraction of sp³-hybridized carbons (Fsp3) is 0.360. The van der Waals surface area contributed by atoms with Crippen LogP contribution in [0.25, 0.3) is 11.0 Å². The summed E-state index contributed by atoms with van der Waals surface area (Å²) in [6.07, 6.45) is 1.20. The summed E-state index contributed by atoms with van der Waals surface area (Å²) in [5, 5.41) is 15.7. The number of hydrogen-bond donors (Lipinski definition) is 4. The first-order chi connectivity index (χ1) is 16.8. The molecule has 4 heterocycles. The number of aliphatic hydroxyl groups excluding tert-OH is 1. The van der Waals surface area contributed by atoms with E-state index >= 15 is 0 Å². The van der Waals surface area contributed by atoms with E-state index in [0.717, 1.165) is 44.9 Å². The van der Waals surface area contributed by atoms with Gasteiger partial charge in [0.2, 0.25) is 5.91 Å². The molecule has 4 aliphatic rings. The minimum atomic E-state index is -0.858. The van der Waals surface area contributed by atoms with Gasteiger partial charge < -0.3 is 25.2 Å². The molecule has 1 saturated heterocycles. The number of carbonyl (C=O) groups excluding carboxylic acids is 3.